The van der Waals surface area contributed by atoms with Crippen molar-refractivity contribution in [3.05, 3.63) is 5.69 Å². The van der Waals surface area contributed by atoms with Gasteiger partial charge in [0, 0.05) is 0 Å². The second-order valence-electron chi connectivity index (χ2n) is 4.10. The van der Waals surface area contributed by atoms with Gasteiger partial charge in [-0.05, 0) is 19.3 Å². The van der Waals surface area contributed by atoms with Gasteiger partial charge in [-0.15, -0.1) is 5.10 Å². The van der Waals surface area contributed by atoms with Crippen LogP contribution in [0.5, 0.6) is 0 Å². The van der Waals surface area contributed by atoms with Crippen LogP contribution in [0.3, 0.4) is 0 Å². The van der Waals surface area contributed by atoms with E-state index in [9.17, 15) is 0 Å². The van der Waals surface area contributed by atoms with Gasteiger partial charge in [0.25, 0.3) is 0 Å². The van der Waals surface area contributed by atoms with Crippen LogP contribution in [0, 0.1) is 0 Å². The molecule has 0 aliphatic carbocycles. The first-order chi connectivity index (χ1) is 6.57. The Labute approximate surface area is 85.5 Å². The molecular formula is C10H20N4. The Morgan fingerprint density at radius 1 is 1.36 bits per heavy atom. The van der Waals surface area contributed by atoms with E-state index in [0.717, 1.165) is 18.5 Å². The summed E-state index contributed by atoms with van der Waals surface area (Å²) >= 11 is 0. The van der Waals surface area contributed by atoms with E-state index in [-0.39, 0.29) is 0 Å². The van der Waals surface area contributed by atoms with Crippen LogP contribution in [-0.4, -0.2) is 15.0 Å². The van der Waals surface area contributed by atoms with Crippen LogP contribution in [0.4, 0.5) is 5.82 Å². The van der Waals surface area contributed by atoms with Gasteiger partial charge >= 0.3 is 0 Å². The summed E-state index contributed by atoms with van der Waals surface area (Å²) in [6, 6.07) is 0.391. The molecule has 1 atom stereocenters. The molecule has 1 aromatic rings. The molecule has 0 spiro atoms. The summed E-state index contributed by atoms with van der Waals surface area (Å²) in [5.41, 5.74) is 6.84. The highest BCUT2D eigenvalue weighted by atomic mass is 15.5. The SMILES string of the molecule is CCCC(C)n1nnc(N)c1C(C)C. The van der Waals surface area contributed by atoms with Gasteiger partial charge in [-0.3, -0.25) is 0 Å². The number of aromatic nitrogens is 3. The Hall–Kier alpha value is -1.06. The van der Waals surface area contributed by atoms with E-state index >= 15 is 0 Å². The van der Waals surface area contributed by atoms with E-state index in [0.29, 0.717) is 17.8 Å². The number of nitrogen functional groups attached to an aromatic ring is 1. The maximum atomic E-state index is 5.78. The topological polar surface area (TPSA) is 56.7 Å². The molecule has 0 aliphatic rings. The third-order valence-corrected chi connectivity index (χ3v) is 2.43. The summed E-state index contributed by atoms with van der Waals surface area (Å²) in [6.07, 6.45) is 2.26. The number of anilines is 1. The van der Waals surface area contributed by atoms with Crippen molar-refractivity contribution in [2.24, 2.45) is 0 Å². The summed E-state index contributed by atoms with van der Waals surface area (Å²) < 4.78 is 1.96. The van der Waals surface area contributed by atoms with Gasteiger partial charge < -0.3 is 5.73 Å². The molecule has 0 amide bonds. The monoisotopic (exact) mass is 196 g/mol. The van der Waals surface area contributed by atoms with Crippen molar-refractivity contribution in [1.82, 2.24) is 15.0 Å². The minimum Gasteiger partial charge on any atom is -0.381 e. The van der Waals surface area contributed by atoms with Crippen molar-refractivity contribution in [1.29, 1.82) is 0 Å². The Morgan fingerprint density at radius 3 is 2.50 bits per heavy atom. The first kappa shape index (κ1) is 11.0. The Morgan fingerprint density at radius 2 is 2.00 bits per heavy atom. The molecule has 1 rings (SSSR count). The van der Waals surface area contributed by atoms with E-state index in [4.69, 9.17) is 5.73 Å². The summed E-state index contributed by atoms with van der Waals surface area (Å²) in [4.78, 5) is 0. The molecule has 14 heavy (non-hydrogen) atoms. The smallest absolute Gasteiger partial charge is 0.169 e. The quantitative estimate of drug-likeness (QED) is 0.804. The van der Waals surface area contributed by atoms with Crippen molar-refractivity contribution < 1.29 is 0 Å². The molecule has 4 nitrogen and oxygen atoms in total. The minimum absolute atomic E-state index is 0.379. The fourth-order valence-electron chi connectivity index (χ4n) is 1.74. The molecule has 1 aromatic heterocycles. The predicted molar refractivity (Wildman–Crippen MR) is 58.1 cm³/mol. The van der Waals surface area contributed by atoms with Gasteiger partial charge in [0.15, 0.2) is 5.82 Å². The number of hydrogen-bond acceptors (Lipinski definition) is 3. The summed E-state index contributed by atoms with van der Waals surface area (Å²) in [5, 5.41) is 8.03. The molecule has 80 valence electrons. The number of rotatable bonds is 4. The third-order valence-electron chi connectivity index (χ3n) is 2.43. The maximum Gasteiger partial charge on any atom is 0.169 e. The predicted octanol–water partition coefficient (Wildman–Crippen LogP) is 2.34. The summed E-state index contributed by atoms with van der Waals surface area (Å²) in [7, 11) is 0. The van der Waals surface area contributed by atoms with Gasteiger partial charge in [0.1, 0.15) is 0 Å². The van der Waals surface area contributed by atoms with Crippen molar-refractivity contribution >= 4 is 5.82 Å². The van der Waals surface area contributed by atoms with Crippen LogP contribution >= 0.6 is 0 Å². The molecule has 0 aromatic carbocycles. The van der Waals surface area contributed by atoms with E-state index in [2.05, 4.69) is 38.0 Å². The standard InChI is InChI=1S/C10H20N4/c1-5-6-8(4)14-9(7(2)3)10(11)12-13-14/h7-8H,5-6,11H2,1-4H3. The molecule has 0 fully saturated rings. The van der Waals surface area contributed by atoms with Crippen molar-refractivity contribution in [3.63, 3.8) is 0 Å². The largest absolute Gasteiger partial charge is 0.381 e. The molecule has 0 bridgehead atoms. The first-order valence-corrected chi connectivity index (χ1v) is 5.28. The second kappa shape index (κ2) is 4.44. The molecule has 0 saturated carbocycles. The molecule has 1 unspecified atom stereocenters. The van der Waals surface area contributed by atoms with Gasteiger partial charge in [-0.2, -0.15) is 0 Å². The second-order valence-corrected chi connectivity index (χ2v) is 4.10. The average Bonchev–Trinajstić information content (AvgIpc) is 2.47. The highest BCUT2D eigenvalue weighted by Gasteiger charge is 2.17. The number of nitrogens with two attached hydrogens (primary N) is 1. The van der Waals surface area contributed by atoms with Crippen LogP contribution in [0.2, 0.25) is 0 Å². The fourth-order valence-corrected chi connectivity index (χ4v) is 1.74. The van der Waals surface area contributed by atoms with Gasteiger partial charge in [-0.1, -0.05) is 32.4 Å². The van der Waals surface area contributed by atoms with Gasteiger partial charge in [0.2, 0.25) is 0 Å². The summed E-state index contributed by atoms with van der Waals surface area (Å²) in [5.74, 6) is 0.951. The Kier molecular flexibility index (Phi) is 3.49. The number of nitrogens with zero attached hydrogens (tertiary/aromatic N) is 3. The van der Waals surface area contributed by atoms with Crippen molar-refractivity contribution in [3.8, 4) is 0 Å². The lowest BCUT2D eigenvalue weighted by atomic mass is 10.1. The van der Waals surface area contributed by atoms with Crippen LogP contribution in [0.15, 0.2) is 0 Å². The fraction of sp³-hybridized carbons (Fsp3) is 0.800. The van der Waals surface area contributed by atoms with Crippen LogP contribution in [0.1, 0.15) is 58.2 Å². The zero-order valence-corrected chi connectivity index (χ0v) is 9.49. The molecule has 1 heterocycles. The molecule has 0 saturated heterocycles. The lowest BCUT2D eigenvalue weighted by Gasteiger charge is -2.15. The lowest BCUT2D eigenvalue weighted by molar-refractivity contribution is 0.423. The van der Waals surface area contributed by atoms with E-state index in [1.54, 1.807) is 0 Å². The van der Waals surface area contributed by atoms with Crippen LogP contribution in [-0.2, 0) is 0 Å². The van der Waals surface area contributed by atoms with Gasteiger partial charge in [-0.25, -0.2) is 4.68 Å². The molecule has 0 aliphatic heterocycles. The van der Waals surface area contributed by atoms with E-state index < -0.39 is 0 Å². The zero-order valence-electron chi connectivity index (χ0n) is 9.49. The first-order valence-electron chi connectivity index (χ1n) is 5.28. The van der Waals surface area contributed by atoms with Crippen LogP contribution in [0.25, 0.3) is 0 Å². The van der Waals surface area contributed by atoms with E-state index in [1.807, 2.05) is 4.68 Å². The molecule has 0 radical (unpaired) electrons. The van der Waals surface area contributed by atoms with Crippen LogP contribution < -0.4 is 5.73 Å². The van der Waals surface area contributed by atoms with Crippen molar-refractivity contribution in [2.75, 3.05) is 5.73 Å². The van der Waals surface area contributed by atoms with E-state index in [1.165, 1.54) is 0 Å². The third kappa shape index (κ3) is 2.05. The highest BCUT2D eigenvalue weighted by molar-refractivity contribution is 5.35. The lowest BCUT2D eigenvalue weighted by Crippen LogP contribution is -2.12. The average molecular weight is 196 g/mol. The highest BCUT2D eigenvalue weighted by Crippen LogP contribution is 2.24. The minimum atomic E-state index is 0.379. The summed E-state index contributed by atoms with van der Waals surface area (Å²) in [6.45, 7) is 8.56. The Balaban J connectivity index is 2.96. The molecular weight excluding hydrogens is 176 g/mol. The van der Waals surface area contributed by atoms with Gasteiger partial charge in [0.05, 0.1) is 11.7 Å². The molecule has 4 heteroatoms. The zero-order chi connectivity index (χ0) is 10.7. The normalized spacial score (nSPS) is 13.5. The van der Waals surface area contributed by atoms with Crippen molar-refractivity contribution in [2.45, 2.75) is 52.5 Å². The number of hydrogen-bond donors (Lipinski definition) is 1. The maximum absolute atomic E-state index is 5.78. The molecule has 2 N–H and O–H groups in total. The Bertz CT molecular complexity index is 290.